The van der Waals surface area contributed by atoms with E-state index in [0.717, 1.165) is 11.1 Å². The van der Waals surface area contributed by atoms with E-state index in [1.54, 1.807) is 14.2 Å². The predicted octanol–water partition coefficient (Wildman–Crippen LogP) is 3.76. The summed E-state index contributed by atoms with van der Waals surface area (Å²) in [6, 6.07) is 20.3. The molecule has 0 aromatic heterocycles. The van der Waals surface area contributed by atoms with Gasteiger partial charge in [0.05, 0.1) is 0 Å². The first kappa shape index (κ1) is 12.8. The summed E-state index contributed by atoms with van der Waals surface area (Å²) in [6.07, 6.45) is -0.197. The van der Waals surface area contributed by atoms with Crippen molar-refractivity contribution in [1.82, 2.24) is 0 Å². The molecule has 94 valence electrons. The van der Waals surface area contributed by atoms with Crippen LogP contribution in [0.4, 0.5) is 0 Å². The van der Waals surface area contributed by atoms with Gasteiger partial charge < -0.3 is 9.47 Å². The summed E-state index contributed by atoms with van der Waals surface area (Å²) in [4.78, 5) is 0. The molecule has 0 radical (unpaired) electrons. The fourth-order valence-corrected chi connectivity index (χ4v) is 2.15. The molecular weight excluding hydrogens is 224 g/mol. The maximum atomic E-state index is 5.62. The Balaban J connectivity index is 2.31. The summed E-state index contributed by atoms with van der Waals surface area (Å²) in [7, 11) is 3.43. The highest BCUT2D eigenvalue weighted by Crippen LogP contribution is 2.33. The van der Waals surface area contributed by atoms with Crippen molar-refractivity contribution in [2.45, 2.75) is 12.2 Å². The third-order valence-corrected chi connectivity index (χ3v) is 3.04. The summed E-state index contributed by atoms with van der Waals surface area (Å²) in [5.74, 6) is 0. The van der Waals surface area contributed by atoms with Crippen LogP contribution >= 0.6 is 0 Å². The molecule has 2 aromatic carbocycles. The number of hydrogen-bond donors (Lipinski definition) is 0. The molecule has 2 atom stereocenters. The molecule has 0 bridgehead atoms. The first-order valence-electron chi connectivity index (χ1n) is 6.02. The van der Waals surface area contributed by atoms with Crippen molar-refractivity contribution in [3.63, 3.8) is 0 Å². The lowest BCUT2D eigenvalue weighted by atomic mass is 9.98. The predicted molar refractivity (Wildman–Crippen MR) is 72.4 cm³/mol. The van der Waals surface area contributed by atoms with E-state index in [-0.39, 0.29) is 12.2 Å². The molecule has 2 unspecified atom stereocenters. The van der Waals surface area contributed by atoms with E-state index in [1.165, 1.54) is 0 Å². The van der Waals surface area contributed by atoms with Gasteiger partial charge in [-0.2, -0.15) is 0 Å². The lowest BCUT2D eigenvalue weighted by molar-refractivity contribution is -0.0397. The number of rotatable bonds is 5. The Morgan fingerprint density at radius 3 is 1.22 bits per heavy atom. The molecule has 2 heteroatoms. The molecule has 2 aromatic rings. The summed E-state index contributed by atoms with van der Waals surface area (Å²) >= 11 is 0. The highest BCUT2D eigenvalue weighted by molar-refractivity contribution is 5.25. The largest absolute Gasteiger partial charge is 0.374 e. The van der Waals surface area contributed by atoms with Crippen LogP contribution in [0.15, 0.2) is 60.7 Å². The van der Waals surface area contributed by atoms with Crippen LogP contribution in [-0.4, -0.2) is 14.2 Å². The molecule has 0 fully saturated rings. The van der Waals surface area contributed by atoms with Gasteiger partial charge in [0.25, 0.3) is 0 Å². The van der Waals surface area contributed by atoms with E-state index in [4.69, 9.17) is 9.47 Å². The second-order valence-corrected chi connectivity index (χ2v) is 4.13. The summed E-state index contributed by atoms with van der Waals surface area (Å²) in [5, 5.41) is 0. The van der Waals surface area contributed by atoms with Gasteiger partial charge in [0.2, 0.25) is 0 Å². The SMILES string of the molecule is COC(c1ccccc1)C(OC)c1ccccc1. The normalized spacial score (nSPS) is 14.1. The van der Waals surface area contributed by atoms with Gasteiger partial charge in [-0.25, -0.2) is 0 Å². The first-order valence-corrected chi connectivity index (χ1v) is 6.02. The fourth-order valence-electron chi connectivity index (χ4n) is 2.15. The van der Waals surface area contributed by atoms with Crippen molar-refractivity contribution < 1.29 is 9.47 Å². The zero-order valence-corrected chi connectivity index (χ0v) is 10.7. The van der Waals surface area contributed by atoms with Crippen LogP contribution in [0.25, 0.3) is 0 Å². The van der Waals surface area contributed by atoms with Gasteiger partial charge in [0, 0.05) is 14.2 Å². The second-order valence-electron chi connectivity index (χ2n) is 4.13. The fraction of sp³-hybridized carbons (Fsp3) is 0.250. The zero-order chi connectivity index (χ0) is 12.8. The van der Waals surface area contributed by atoms with Crippen molar-refractivity contribution in [2.75, 3.05) is 14.2 Å². The standard InChI is InChI=1S/C16H18O2/c1-17-15(13-9-5-3-6-10-13)16(18-2)14-11-7-4-8-12-14/h3-12,15-16H,1-2H3. The molecule has 0 saturated carbocycles. The molecule has 0 N–H and O–H groups in total. The van der Waals surface area contributed by atoms with Crippen LogP contribution < -0.4 is 0 Å². The summed E-state index contributed by atoms with van der Waals surface area (Å²) < 4.78 is 11.2. The quantitative estimate of drug-likeness (QED) is 0.794. The second kappa shape index (κ2) is 6.34. The molecule has 0 amide bonds. The maximum absolute atomic E-state index is 5.62. The minimum absolute atomic E-state index is 0.0985. The lowest BCUT2D eigenvalue weighted by Crippen LogP contribution is -2.15. The Hall–Kier alpha value is -1.64. The van der Waals surface area contributed by atoms with Crippen molar-refractivity contribution in [1.29, 1.82) is 0 Å². The van der Waals surface area contributed by atoms with E-state index in [9.17, 15) is 0 Å². The van der Waals surface area contributed by atoms with E-state index < -0.39 is 0 Å². The van der Waals surface area contributed by atoms with Crippen LogP contribution in [0.3, 0.4) is 0 Å². The molecule has 0 aliphatic carbocycles. The van der Waals surface area contributed by atoms with E-state index in [0.29, 0.717) is 0 Å². The van der Waals surface area contributed by atoms with Gasteiger partial charge >= 0.3 is 0 Å². The van der Waals surface area contributed by atoms with Crippen LogP contribution in [0.5, 0.6) is 0 Å². The number of benzene rings is 2. The van der Waals surface area contributed by atoms with Crippen LogP contribution in [-0.2, 0) is 9.47 Å². The molecule has 0 aliphatic heterocycles. The molecule has 2 rings (SSSR count). The van der Waals surface area contributed by atoms with Gasteiger partial charge in [0.1, 0.15) is 12.2 Å². The van der Waals surface area contributed by atoms with E-state index >= 15 is 0 Å². The van der Waals surface area contributed by atoms with E-state index in [1.807, 2.05) is 36.4 Å². The summed E-state index contributed by atoms with van der Waals surface area (Å²) in [5.41, 5.74) is 2.24. The average Bonchev–Trinajstić information content (AvgIpc) is 2.46. The Labute approximate surface area is 108 Å². The highest BCUT2D eigenvalue weighted by Gasteiger charge is 2.24. The van der Waals surface area contributed by atoms with Gasteiger partial charge in [0.15, 0.2) is 0 Å². The minimum atomic E-state index is -0.0985. The van der Waals surface area contributed by atoms with Crippen molar-refractivity contribution in [3.8, 4) is 0 Å². The topological polar surface area (TPSA) is 18.5 Å². The van der Waals surface area contributed by atoms with Crippen LogP contribution in [0.2, 0.25) is 0 Å². The van der Waals surface area contributed by atoms with Gasteiger partial charge in [-0.3, -0.25) is 0 Å². The molecule has 0 heterocycles. The molecule has 0 saturated heterocycles. The molecular formula is C16H18O2. The van der Waals surface area contributed by atoms with Gasteiger partial charge in [-0.05, 0) is 11.1 Å². The Kier molecular flexibility index (Phi) is 4.51. The van der Waals surface area contributed by atoms with E-state index in [2.05, 4.69) is 24.3 Å². The molecule has 0 spiro atoms. The van der Waals surface area contributed by atoms with Gasteiger partial charge in [-0.1, -0.05) is 60.7 Å². The highest BCUT2D eigenvalue weighted by atomic mass is 16.5. The first-order chi connectivity index (χ1) is 8.86. The number of ether oxygens (including phenoxy) is 2. The Morgan fingerprint density at radius 1 is 0.611 bits per heavy atom. The Morgan fingerprint density at radius 2 is 0.944 bits per heavy atom. The lowest BCUT2D eigenvalue weighted by Gasteiger charge is -2.25. The molecule has 0 aliphatic rings. The van der Waals surface area contributed by atoms with Crippen molar-refractivity contribution in [2.24, 2.45) is 0 Å². The van der Waals surface area contributed by atoms with Crippen LogP contribution in [0.1, 0.15) is 23.3 Å². The van der Waals surface area contributed by atoms with Crippen molar-refractivity contribution in [3.05, 3.63) is 71.8 Å². The van der Waals surface area contributed by atoms with Crippen LogP contribution in [0, 0.1) is 0 Å². The number of methoxy groups -OCH3 is 2. The zero-order valence-electron chi connectivity index (χ0n) is 10.7. The Bertz CT molecular complexity index is 408. The number of hydrogen-bond acceptors (Lipinski definition) is 2. The third kappa shape index (κ3) is 2.78. The van der Waals surface area contributed by atoms with Crippen molar-refractivity contribution >= 4 is 0 Å². The minimum Gasteiger partial charge on any atom is -0.374 e. The maximum Gasteiger partial charge on any atom is 0.112 e. The van der Waals surface area contributed by atoms with Gasteiger partial charge in [-0.15, -0.1) is 0 Å². The molecule has 2 nitrogen and oxygen atoms in total. The monoisotopic (exact) mass is 242 g/mol. The third-order valence-electron chi connectivity index (χ3n) is 3.04. The smallest absolute Gasteiger partial charge is 0.112 e. The average molecular weight is 242 g/mol. The molecule has 18 heavy (non-hydrogen) atoms. The summed E-state index contributed by atoms with van der Waals surface area (Å²) in [6.45, 7) is 0.